The number of hydrogen-bond donors (Lipinski definition) is 1. The predicted molar refractivity (Wildman–Crippen MR) is 68.5 cm³/mol. The molecule has 1 aromatic rings. The standard InChI is InChI=1S/C12H11ClO4S/c1-2-3-4-7-18(16,17)11-8-9(12(14)15)5-6-10(11)13/h1,5-6,8H,3-4,7H2,(H,14,15). The molecule has 1 N–H and O–H groups in total. The highest BCUT2D eigenvalue weighted by Gasteiger charge is 2.19. The van der Waals surface area contributed by atoms with E-state index in [1.807, 2.05) is 0 Å². The second kappa shape index (κ2) is 5.89. The van der Waals surface area contributed by atoms with Crippen LogP contribution in [0.2, 0.25) is 5.02 Å². The van der Waals surface area contributed by atoms with Crippen LogP contribution in [-0.4, -0.2) is 25.2 Å². The van der Waals surface area contributed by atoms with E-state index in [-0.39, 0.29) is 21.2 Å². The zero-order chi connectivity index (χ0) is 13.8. The van der Waals surface area contributed by atoms with Crippen LogP contribution < -0.4 is 0 Å². The second-order valence-electron chi connectivity index (χ2n) is 3.58. The first-order valence-corrected chi connectivity index (χ1v) is 7.10. The Labute approximate surface area is 111 Å². The Morgan fingerprint density at radius 3 is 2.67 bits per heavy atom. The third-order valence-electron chi connectivity index (χ3n) is 2.25. The summed E-state index contributed by atoms with van der Waals surface area (Å²) in [7, 11) is -3.61. The van der Waals surface area contributed by atoms with Gasteiger partial charge < -0.3 is 5.11 Å². The number of halogens is 1. The first kappa shape index (κ1) is 14.6. The third kappa shape index (κ3) is 3.49. The molecule has 0 radical (unpaired) electrons. The van der Waals surface area contributed by atoms with Crippen LogP contribution in [0.4, 0.5) is 0 Å². The summed E-state index contributed by atoms with van der Waals surface area (Å²) in [6, 6.07) is 3.58. The quantitative estimate of drug-likeness (QED) is 0.665. The zero-order valence-electron chi connectivity index (χ0n) is 9.39. The molecule has 6 heteroatoms. The Hall–Kier alpha value is -1.51. The van der Waals surface area contributed by atoms with E-state index >= 15 is 0 Å². The van der Waals surface area contributed by atoms with Gasteiger partial charge in [0.15, 0.2) is 9.84 Å². The molecular weight excluding hydrogens is 276 g/mol. The van der Waals surface area contributed by atoms with Gasteiger partial charge in [0.05, 0.1) is 21.2 Å². The molecule has 0 aromatic heterocycles. The van der Waals surface area contributed by atoms with Gasteiger partial charge in [0.1, 0.15) is 0 Å². The lowest BCUT2D eigenvalue weighted by Gasteiger charge is -2.06. The molecule has 1 aromatic carbocycles. The van der Waals surface area contributed by atoms with Crippen molar-refractivity contribution in [3.8, 4) is 12.3 Å². The summed E-state index contributed by atoms with van der Waals surface area (Å²) >= 11 is 5.79. The Morgan fingerprint density at radius 1 is 1.44 bits per heavy atom. The molecule has 0 aliphatic carbocycles. The molecule has 0 aliphatic heterocycles. The summed E-state index contributed by atoms with van der Waals surface area (Å²) < 4.78 is 23.9. The summed E-state index contributed by atoms with van der Waals surface area (Å²) in [5.74, 6) is 0.990. The van der Waals surface area contributed by atoms with E-state index in [0.717, 1.165) is 6.07 Å². The Morgan fingerprint density at radius 2 is 2.11 bits per heavy atom. The maximum absolute atomic E-state index is 12.0. The van der Waals surface area contributed by atoms with Crippen molar-refractivity contribution >= 4 is 27.4 Å². The van der Waals surface area contributed by atoms with Gasteiger partial charge in [0, 0.05) is 6.42 Å². The summed E-state index contributed by atoms with van der Waals surface area (Å²) in [6.07, 6.45) is 5.70. The monoisotopic (exact) mass is 286 g/mol. The largest absolute Gasteiger partial charge is 0.478 e. The number of carboxylic acid groups (broad SMARTS) is 1. The number of terminal acetylenes is 1. The average Bonchev–Trinajstić information content (AvgIpc) is 2.29. The van der Waals surface area contributed by atoms with Crippen molar-refractivity contribution < 1.29 is 18.3 Å². The molecule has 0 saturated heterocycles. The molecule has 0 heterocycles. The minimum absolute atomic E-state index is 0.0145. The minimum atomic E-state index is -3.61. The highest BCUT2D eigenvalue weighted by molar-refractivity contribution is 7.91. The van der Waals surface area contributed by atoms with E-state index in [1.54, 1.807) is 0 Å². The number of sulfone groups is 1. The van der Waals surface area contributed by atoms with Crippen molar-refractivity contribution in [2.24, 2.45) is 0 Å². The number of carbonyl (C=O) groups is 1. The fourth-order valence-corrected chi connectivity index (χ4v) is 3.24. The first-order valence-electron chi connectivity index (χ1n) is 5.07. The molecule has 0 fully saturated rings. The lowest BCUT2D eigenvalue weighted by atomic mass is 10.2. The highest BCUT2D eigenvalue weighted by atomic mass is 35.5. The van der Waals surface area contributed by atoms with Crippen molar-refractivity contribution in [2.45, 2.75) is 17.7 Å². The van der Waals surface area contributed by atoms with Gasteiger partial charge in [0.25, 0.3) is 0 Å². The van der Waals surface area contributed by atoms with Crippen molar-refractivity contribution in [2.75, 3.05) is 5.75 Å². The maximum Gasteiger partial charge on any atom is 0.335 e. The maximum atomic E-state index is 12.0. The molecule has 0 bridgehead atoms. The number of aromatic carboxylic acids is 1. The summed E-state index contributed by atoms with van der Waals surface area (Å²) in [5, 5.41) is 8.83. The summed E-state index contributed by atoms with van der Waals surface area (Å²) in [4.78, 5) is 10.6. The Bertz CT molecular complexity index is 599. The summed E-state index contributed by atoms with van der Waals surface area (Å²) in [5.41, 5.74) is -0.116. The molecule has 0 amide bonds. The highest BCUT2D eigenvalue weighted by Crippen LogP contribution is 2.24. The smallest absolute Gasteiger partial charge is 0.335 e. The predicted octanol–water partition coefficient (Wildman–Crippen LogP) is 2.23. The van der Waals surface area contributed by atoms with Gasteiger partial charge in [-0.15, -0.1) is 12.3 Å². The Kier molecular flexibility index (Phi) is 4.76. The number of unbranched alkanes of at least 4 members (excludes halogenated alkanes) is 1. The van der Waals surface area contributed by atoms with Gasteiger partial charge in [-0.25, -0.2) is 13.2 Å². The van der Waals surface area contributed by atoms with E-state index in [9.17, 15) is 13.2 Å². The molecule has 18 heavy (non-hydrogen) atoms. The minimum Gasteiger partial charge on any atom is -0.478 e. The lowest BCUT2D eigenvalue weighted by Crippen LogP contribution is -2.09. The third-order valence-corrected chi connectivity index (χ3v) is 4.52. The van der Waals surface area contributed by atoms with Crippen LogP contribution in [0.5, 0.6) is 0 Å². The average molecular weight is 287 g/mol. The van der Waals surface area contributed by atoms with E-state index in [0.29, 0.717) is 12.8 Å². The first-order chi connectivity index (χ1) is 8.38. The van der Waals surface area contributed by atoms with Crippen LogP contribution in [0.3, 0.4) is 0 Å². The molecule has 4 nitrogen and oxygen atoms in total. The molecule has 96 valence electrons. The van der Waals surface area contributed by atoms with Crippen molar-refractivity contribution in [3.63, 3.8) is 0 Å². The fraction of sp³-hybridized carbons (Fsp3) is 0.250. The molecule has 1 rings (SSSR count). The van der Waals surface area contributed by atoms with E-state index < -0.39 is 15.8 Å². The van der Waals surface area contributed by atoms with E-state index in [1.165, 1.54) is 12.1 Å². The van der Waals surface area contributed by atoms with Crippen molar-refractivity contribution in [3.05, 3.63) is 28.8 Å². The molecule has 0 unspecified atom stereocenters. The number of rotatable bonds is 5. The molecular formula is C12H11ClO4S. The number of carboxylic acids is 1. The van der Waals surface area contributed by atoms with Crippen LogP contribution in [0.1, 0.15) is 23.2 Å². The van der Waals surface area contributed by atoms with Crippen LogP contribution in [0, 0.1) is 12.3 Å². The lowest BCUT2D eigenvalue weighted by molar-refractivity contribution is 0.0696. The van der Waals surface area contributed by atoms with Crippen molar-refractivity contribution in [1.82, 2.24) is 0 Å². The second-order valence-corrected chi connectivity index (χ2v) is 6.06. The fourth-order valence-electron chi connectivity index (χ4n) is 1.35. The van der Waals surface area contributed by atoms with Crippen LogP contribution in [0.25, 0.3) is 0 Å². The van der Waals surface area contributed by atoms with Gasteiger partial charge in [-0.05, 0) is 24.6 Å². The number of hydrogen-bond acceptors (Lipinski definition) is 3. The van der Waals surface area contributed by atoms with Gasteiger partial charge >= 0.3 is 5.97 Å². The van der Waals surface area contributed by atoms with Gasteiger partial charge in [-0.1, -0.05) is 11.6 Å². The zero-order valence-corrected chi connectivity index (χ0v) is 11.0. The SMILES string of the molecule is C#CCCCS(=O)(=O)c1cc(C(=O)O)ccc1Cl. The van der Waals surface area contributed by atoms with Gasteiger partial charge in [-0.2, -0.15) is 0 Å². The van der Waals surface area contributed by atoms with Gasteiger partial charge in [0.2, 0.25) is 0 Å². The van der Waals surface area contributed by atoms with Crippen molar-refractivity contribution in [1.29, 1.82) is 0 Å². The molecule has 0 saturated carbocycles. The van der Waals surface area contributed by atoms with Crippen LogP contribution in [-0.2, 0) is 9.84 Å². The Balaban J connectivity index is 3.12. The number of benzene rings is 1. The molecule has 0 spiro atoms. The topological polar surface area (TPSA) is 71.4 Å². The molecule has 0 aliphatic rings. The normalized spacial score (nSPS) is 10.9. The molecule has 0 atom stereocenters. The van der Waals surface area contributed by atoms with Crippen LogP contribution >= 0.6 is 11.6 Å². The van der Waals surface area contributed by atoms with Crippen LogP contribution in [0.15, 0.2) is 23.1 Å². The van der Waals surface area contributed by atoms with E-state index in [4.69, 9.17) is 23.1 Å². The van der Waals surface area contributed by atoms with E-state index in [2.05, 4.69) is 5.92 Å². The summed E-state index contributed by atoms with van der Waals surface area (Å²) in [6.45, 7) is 0. The van der Waals surface area contributed by atoms with Gasteiger partial charge in [-0.3, -0.25) is 0 Å².